The molecule has 0 aromatic rings. The molecule has 0 radical (unpaired) electrons. The number of hydrogen-bond acceptors (Lipinski definition) is 5. The summed E-state index contributed by atoms with van der Waals surface area (Å²) in [6, 6.07) is -0.253. The highest BCUT2D eigenvalue weighted by Gasteiger charge is 2.47. The third-order valence-electron chi connectivity index (χ3n) is 4.07. The first-order valence-electron chi connectivity index (χ1n) is 6.24. The molecule has 3 aliphatic rings. The van der Waals surface area contributed by atoms with Gasteiger partial charge in [-0.3, -0.25) is 0 Å². The lowest BCUT2D eigenvalue weighted by atomic mass is 10.1. The number of fused-ring (bicyclic) bond motifs is 1. The van der Waals surface area contributed by atoms with E-state index in [9.17, 15) is 16.8 Å². The summed E-state index contributed by atoms with van der Waals surface area (Å²) in [6.07, 6.45) is 0.644. The topological polar surface area (TPSA) is 83.6 Å². The maximum absolute atomic E-state index is 11.6. The van der Waals surface area contributed by atoms with Gasteiger partial charge in [0.1, 0.15) is 0 Å². The second kappa shape index (κ2) is 4.29. The molecule has 0 bridgehead atoms. The molecule has 108 valence electrons. The van der Waals surface area contributed by atoms with Gasteiger partial charge in [0.05, 0.1) is 35.1 Å². The van der Waals surface area contributed by atoms with Crippen LogP contribution in [0.25, 0.3) is 0 Å². The number of rotatable bonds is 2. The maximum atomic E-state index is 11.6. The first-order chi connectivity index (χ1) is 8.76. The molecule has 0 spiro atoms. The van der Waals surface area contributed by atoms with Crippen LogP contribution in [0.4, 0.5) is 0 Å². The molecule has 0 amide bonds. The van der Waals surface area contributed by atoms with E-state index in [2.05, 4.69) is 5.32 Å². The third kappa shape index (κ3) is 2.59. The molecular weight excluding hydrogens is 308 g/mol. The van der Waals surface area contributed by atoms with Crippen LogP contribution in [0, 0.1) is 5.92 Å². The number of thiocarbonyl (C=S) groups is 1. The Morgan fingerprint density at radius 2 is 1.89 bits per heavy atom. The lowest BCUT2D eigenvalue weighted by Gasteiger charge is -2.25. The number of sulfone groups is 2. The minimum absolute atomic E-state index is 0.0619. The van der Waals surface area contributed by atoms with E-state index in [1.807, 2.05) is 4.90 Å². The van der Waals surface area contributed by atoms with Crippen molar-refractivity contribution in [1.82, 2.24) is 10.2 Å². The van der Waals surface area contributed by atoms with Crippen LogP contribution >= 0.6 is 12.2 Å². The van der Waals surface area contributed by atoms with Crippen molar-refractivity contribution in [2.45, 2.75) is 18.5 Å². The first-order valence-corrected chi connectivity index (χ1v) is 10.3. The lowest BCUT2D eigenvalue weighted by molar-refractivity contribution is 0.311. The predicted molar refractivity (Wildman–Crippen MR) is 75.4 cm³/mol. The molecule has 1 N–H and O–H groups in total. The Kier molecular flexibility index (Phi) is 3.06. The van der Waals surface area contributed by atoms with E-state index < -0.39 is 19.7 Å². The zero-order valence-corrected chi connectivity index (χ0v) is 12.7. The van der Waals surface area contributed by atoms with Crippen molar-refractivity contribution in [3.8, 4) is 0 Å². The fourth-order valence-electron chi connectivity index (χ4n) is 3.18. The molecule has 0 unspecified atom stereocenters. The molecule has 3 atom stereocenters. The fourth-order valence-corrected chi connectivity index (χ4v) is 7.31. The van der Waals surface area contributed by atoms with Crippen molar-refractivity contribution in [3.05, 3.63) is 0 Å². The highest BCUT2D eigenvalue weighted by atomic mass is 32.2. The molecule has 3 rings (SSSR count). The zero-order valence-electron chi connectivity index (χ0n) is 10.3. The third-order valence-corrected chi connectivity index (χ3v) is 7.98. The lowest BCUT2D eigenvalue weighted by Crippen LogP contribution is -2.40. The van der Waals surface area contributed by atoms with Crippen LogP contribution in [0.5, 0.6) is 0 Å². The Hall–Kier alpha value is -0.410. The minimum atomic E-state index is -3.00. The molecule has 3 heterocycles. The van der Waals surface area contributed by atoms with Crippen LogP contribution in [0.3, 0.4) is 0 Å². The number of hydrogen-bond donors (Lipinski definition) is 1. The van der Waals surface area contributed by atoms with Gasteiger partial charge in [-0.2, -0.15) is 0 Å². The van der Waals surface area contributed by atoms with Gasteiger partial charge in [-0.15, -0.1) is 0 Å². The Morgan fingerprint density at radius 3 is 2.53 bits per heavy atom. The van der Waals surface area contributed by atoms with Gasteiger partial charge >= 0.3 is 0 Å². The van der Waals surface area contributed by atoms with E-state index in [-0.39, 0.29) is 41.0 Å². The standard InChI is InChI=1S/C10H16N2O4S3/c13-18(14)2-1-7(4-18)3-12-9-6-19(15,16)5-8(9)11-10(12)17/h7-9H,1-6H2,(H,11,17)/t7-,8-,9+/m1/s1. The van der Waals surface area contributed by atoms with Gasteiger partial charge in [-0.1, -0.05) is 0 Å². The van der Waals surface area contributed by atoms with E-state index >= 15 is 0 Å². The van der Waals surface area contributed by atoms with Crippen molar-refractivity contribution >= 4 is 37.0 Å². The second-order valence-corrected chi connectivity index (χ2v) is 10.4. The summed E-state index contributed by atoms with van der Waals surface area (Å²) in [5.74, 6) is 0.724. The van der Waals surface area contributed by atoms with Crippen LogP contribution in [0.1, 0.15) is 6.42 Å². The van der Waals surface area contributed by atoms with Crippen molar-refractivity contribution in [2.24, 2.45) is 5.92 Å². The van der Waals surface area contributed by atoms with E-state index in [1.54, 1.807) is 0 Å². The average Bonchev–Trinajstić information content (AvgIpc) is 2.82. The quantitative estimate of drug-likeness (QED) is 0.637. The minimum Gasteiger partial charge on any atom is -0.357 e. The molecule has 0 aromatic heterocycles. The second-order valence-electron chi connectivity index (χ2n) is 5.62. The van der Waals surface area contributed by atoms with Crippen molar-refractivity contribution in [3.63, 3.8) is 0 Å². The summed E-state index contributed by atoms with van der Waals surface area (Å²) in [7, 11) is -5.91. The van der Waals surface area contributed by atoms with Crippen LogP contribution in [-0.4, -0.2) is 68.5 Å². The van der Waals surface area contributed by atoms with Gasteiger partial charge in [0.15, 0.2) is 24.8 Å². The number of nitrogens with one attached hydrogen (secondary N) is 1. The van der Waals surface area contributed by atoms with Gasteiger partial charge in [0, 0.05) is 6.54 Å². The highest BCUT2D eigenvalue weighted by Crippen LogP contribution is 2.27. The highest BCUT2D eigenvalue weighted by molar-refractivity contribution is 7.92. The molecule has 0 aromatic carbocycles. The van der Waals surface area contributed by atoms with Gasteiger partial charge in [-0.25, -0.2) is 16.8 Å². The molecule has 3 fully saturated rings. The number of nitrogens with zero attached hydrogens (tertiary/aromatic N) is 1. The average molecular weight is 324 g/mol. The van der Waals surface area contributed by atoms with Crippen LogP contribution in [0.15, 0.2) is 0 Å². The molecule has 0 aliphatic carbocycles. The van der Waals surface area contributed by atoms with Crippen LogP contribution in [0.2, 0.25) is 0 Å². The summed E-state index contributed by atoms with van der Waals surface area (Å²) in [4.78, 5) is 1.88. The van der Waals surface area contributed by atoms with Crippen molar-refractivity contribution in [2.75, 3.05) is 29.6 Å². The monoisotopic (exact) mass is 324 g/mol. The van der Waals surface area contributed by atoms with E-state index in [0.29, 0.717) is 18.1 Å². The van der Waals surface area contributed by atoms with E-state index in [1.165, 1.54) is 0 Å². The summed E-state index contributed by atoms with van der Waals surface area (Å²) in [6.45, 7) is 0.543. The summed E-state index contributed by atoms with van der Waals surface area (Å²) in [5, 5.41) is 3.61. The van der Waals surface area contributed by atoms with Crippen LogP contribution in [-0.2, 0) is 19.7 Å². The molecule has 3 saturated heterocycles. The summed E-state index contributed by atoms with van der Waals surface area (Å²) < 4.78 is 46.2. The van der Waals surface area contributed by atoms with Crippen LogP contribution < -0.4 is 5.32 Å². The predicted octanol–water partition coefficient (Wildman–Crippen LogP) is -1.22. The van der Waals surface area contributed by atoms with Crippen molar-refractivity contribution < 1.29 is 16.8 Å². The first kappa shape index (κ1) is 13.6. The smallest absolute Gasteiger partial charge is 0.169 e. The Morgan fingerprint density at radius 1 is 1.16 bits per heavy atom. The zero-order chi connectivity index (χ0) is 13.8. The molecule has 9 heteroatoms. The molecule has 0 saturated carbocycles. The summed E-state index contributed by atoms with van der Waals surface area (Å²) >= 11 is 5.23. The Labute approximate surface area is 118 Å². The molecule has 3 aliphatic heterocycles. The van der Waals surface area contributed by atoms with E-state index in [4.69, 9.17) is 12.2 Å². The normalized spacial score (nSPS) is 39.3. The maximum Gasteiger partial charge on any atom is 0.169 e. The van der Waals surface area contributed by atoms with Gasteiger partial charge in [0.25, 0.3) is 0 Å². The fraction of sp³-hybridized carbons (Fsp3) is 0.900. The largest absolute Gasteiger partial charge is 0.357 e. The summed E-state index contributed by atoms with van der Waals surface area (Å²) in [5.41, 5.74) is 0. The Bertz CT molecular complexity index is 613. The van der Waals surface area contributed by atoms with E-state index in [0.717, 1.165) is 0 Å². The molecule has 6 nitrogen and oxygen atoms in total. The van der Waals surface area contributed by atoms with Gasteiger partial charge in [-0.05, 0) is 24.6 Å². The SMILES string of the molecule is O=S1(=O)CC[C@H](CN2C(=S)N[C@@H]3CS(=O)(=O)C[C@@H]32)C1. The Balaban J connectivity index is 1.73. The van der Waals surface area contributed by atoms with Gasteiger partial charge in [0.2, 0.25) is 0 Å². The molecular formula is C10H16N2O4S3. The molecule has 19 heavy (non-hydrogen) atoms. The van der Waals surface area contributed by atoms with Gasteiger partial charge < -0.3 is 10.2 Å². The van der Waals surface area contributed by atoms with Crippen molar-refractivity contribution in [1.29, 1.82) is 0 Å².